The fourth-order valence-corrected chi connectivity index (χ4v) is 4.06. The Morgan fingerprint density at radius 3 is 2.58 bits per heavy atom. The van der Waals surface area contributed by atoms with Gasteiger partial charge < -0.3 is 9.80 Å². The lowest BCUT2D eigenvalue weighted by Gasteiger charge is -2.42. The fraction of sp³-hybridized carbons (Fsp3) is 0.867. The third-order valence-corrected chi connectivity index (χ3v) is 5.19. The molecule has 2 saturated heterocycles. The van der Waals surface area contributed by atoms with Crippen molar-refractivity contribution < 1.29 is 9.59 Å². The zero-order chi connectivity index (χ0) is 13.6. The molecule has 19 heavy (non-hydrogen) atoms. The minimum Gasteiger partial charge on any atom is -0.329 e. The van der Waals surface area contributed by atoms with E-state index in [-0.39, 0.29) is 23.9 Å². The standard InChI is InChI=1S/C15H24N2O2/c1-10-5-6-12(8-10)9-17-11(2)14(18)16-7-3-4-13(16)15(17)19/h10-13H,3-9H2,1-2H3. The van der Waals surface area contributed by atoms with Crippen LogP contribution in [-0.2, 0) is 9.59 Å². The molecule has 2 heterocycles. The quantitative estimate of drug-likeness (QED) is 0.761. The van der Waals surface area contributed by atoms with Crippen molar-refractivity contribution in [2.75, 3.05) is 13.1 Å². The van der Waals surface area contributed by atoms with Gasteiger partial charge in [-0.05, 0) is 44.4 Å². The van der Waals surface area contributed by atoms with Gasteiger partial charge in [0.05, 0.1) is 0 Å². The molecule has 4 atom stereocenters. The van der Waals surface area contributed by atoms with Crippen molar-refractivity contribution in [3.63, 3.8) is 0 Å². The second kappa shape index (κ2) is 4.80. The van der Waals surface area contributed by atoms with Crippen molar-refractivity contribution in [3.05, 3.63) is 0 Å². The summed E-state index contributed by atoms with van der Waals surface area (Å²) < 4.78 is 0. The van der Waals surface area contributed by atoms with Crippen LogP contribution in [0.25, 0.3) is 0 Å². The minimum absolute atomic E-state index is 0.150. The van der Waals surface area contributed by atoms with Crippen LogP contribution in [0.1, 0.15) is 46.0 Å². The summed E-state index contributed by atoms with van der Waals surface area (Å²) in [6, 6.07) is -0.403. The molecule has 2 aliphatic heterocycles. The zero-order valence-electron chi connectivity index (χ0n) is 12.0. The molecule has 3 aliphatic rings. The average molecular weight is 264 g/mol. The smallest absolute Gasteiger partial charge is 0.246 e. The number of amides is 2. The van der Waals surface area contributed by atoms with Crippen molar-refractivity contribution in [1.82, 2.24) is 9.80 Å². The Morgan fingerprint density at radius 2 is 1.89 bits per heavy atom. The van der Waals surface area contributed by atoms with Crippen molar-refractivity contribution in [2.45, 2.75) is 58.0 Å². The van der Waals surface area contributed by atoms with Gasteiger partial charge in [-0.15, -0.1) is 0 Å². The zero-order valence-corrected chi connectivity index (χ0v) is 12.0. The third-order valence-electron chi connectivity index (χ3n) is 5.19. The molecule has 0 aromatic heterocycles. The van der Waals surface area contributed by atoms with Crippen LogP contribution < -0.4 is 0 Å². The monoisotopic (exact) mass is 264 g/mol. The lowest BCUT2D eigenvalue weighted by Crippen LogP contribution is -2.62. The molecule has 4 unspecified atom stereocenters. The number of rotatable bonds is 2. The summed E-state index contributed by atoms with van der Waals surface area (Å²) in [5.74, 6) is 1.73. The predicted octanol–water partition coefficient (Wildman–Crippen LogP) is 1.64. The van der Waals surface area contributed by atoms with E-state index in [1.54, 1.807) is 4.90 Å². The van der Waals surface area contributed by atoms with Crippen LogP contribution in [0, 0.1) is 11.8 Å². The maximum atomic E-state index is 12.6. The summed E-state index contributed by atoms with van der Waals surface area (Å²) in [5.41, 5.74) is 0. The summed E-state index contributed by atoms with van der Waals surface area (Å²) in [7, 11) is 0. The molecule has 2 amide bonds. The van der Waals surface area contributed by atoms with Gasteiger partial charge in [0.25, 0.3) is 0 Å². The number of nitrogens with zero attached hydrogens (tertiary/aromatic N) is 2. The molecule has 1 saturated carbocycles. The summed E-state index contributed by atoms with van der Waals surface area (Å²) in [6.45, 7) is 5.74. The van der Waals surface area contributed by atoms with Gasteiger partial charge >= 0.3 is 0 Å². The Labute approximate surface area is 115 Å². The molecule has 0 spiro atoms. The maximum absolute atomic E-state index is 12.6. The van der Waals surface area contributed by atoms with E-state index in [1.165, 1.54) is 19.3 Å². The van der Waals surface area contributed by atoms with Crippen molar-refractivity contribution >= 4 is 11.8 Å². The molecule has 4 nitrogen and oxygen atoms in total. The van der Waals surface area contributed by atoms with Crippen LogP contribution in [0.15, 0.2) is 0 Å². The Morgan fingerprint density at radius 1 is 1.11 bits per heavy atom. The number of hydrogen-bond acceptors (Lipinski definition) is 2. The SMILES string of the molecule is CC1CCC(CN2C(=O)C3CCCN3C(=O)C2C)C1. The molecule has 4 heteroatoms. The van der Waals surface area contributed by atoms with Crippen molar-refractivity contribution in [1.29, 1.82) is 0 Å². The Kier molecular flexibility index (Phi) is 3.27. The molecule has 0 radical (unpaired) electrons. The van der Waals surface area contributed by atoms with Crippen LogP contribution in [-0.4, -0.2) is 46.8 Å². The molecular weight excluding hydrogens is 240 g/mol. The molecule has 3 rings (SSSR count). The molecule has 0 aromatic carbocycles. The lowest BCUT2D eigenvalue weighted by molar-refractivity contribution is -0.159. The molecule has 3 fully saturated rings. The van der Waals surface area contributed by atoms with Gasteiger partial charge in [-0.2, -0.15) is 0 Å². The predicted molar refractivity (Wildman–Crippen MR) is 72.4 cm³/mol. The summed E-state index contributed by atoms with van der Waals surface area (Å²) in [6.07, 6.45) is 5.52. The van der Waals surface area contributed by atoms with Crippen LogP contribution in [0.2, 0.25) is 0 Å². The first-order valence-corrected chi connectivity index (χ1v) is 7.69. The normalized spacial score (nSPS) is 39.1. The first-order chi connectivity index (χ1) is 9.08. The Bertz CT molecular complexity index is 396. The van der Waals surface area contributed by atoms with Gasteiger partial charge in [-0.1, -0.05) is 13.3 Å². The van der Waals surface area contributed by atoms with E-state index < -0.39 is 0 Å². The van der Waals surface area contributed by atoms with Gasteiger partial charge in [0.1, 0.15) is 12.1 Å². The van der Waals surface area contributed by atoms with E-state index in [2.05, 4.69) is 6.92 Å². The van der Waals surface area contributed by atoms with Crippen molar-refractivity contribution in [3.8, 4) is 0 Å². The second-order valence-corrected chi connectivity index (χ2v) is 6.64. The van der Waals surface area contributed by atoms with Gasteiger partial charge in [-0.25, -0.2) is 0 Å². The number of piperazine rings is 1. The van der Waals surface area contributed by atoms with E-state index >= 15 is 0 Å². The second-order valence-electron chi connectivity index (χ2n) is 6.64. The highest BCUT2D eigenvalue weighted by Gasteiger charge is 2.46. The number of fused-ring (bicyclic) bond motifs is 1. The minimum atomic E-state index is -0.252. The van der Waals surface area contributed by atoms with Gasteiger partial charge in [0.15, 0.2) is 0 Å². The van der Waals surface area contributed by atoms with Crippen LogP contribution >= 0.6 is 0 Å². The van der Waals surface area contributed by atoms with Gasteiger partial charge in [-0.3, -0.25) is 9.59 Å². The highest BCUT2D eigenvalue weighted by Crippen LogP contribution is 2.33. The molecular formula is C15H24N2O2. The van der Waals surface area contributed by atoms with E-state index in [9.17, 15) is 9.59 Å². The van der Waals surface area contributed by atoms with Crippen molar-refractivity contribution in [2.24, 2.45) is 11.8 Å². The number of hydrogen-bond donors (Lipinski definition) is 0. The van der Waals surface area contributed by atoms with Gasteiger partial charge in [0.2, 0.25) is 11.8 Å². The Hall–Kier alpha value is -1.06. The van der Waals surface area contributed by atoms with E-state index in [0.717, 1.165) is 31.8 Å². The van der Waals surface area contributed by atoms with E-state index in [4.69, 9.17) is 0 Å². The molecule has 0 bridgehead atoms. The van der Waals surface area contributed by atoms with Crippen LogP contribution in [0.5, 0.6) is 0 Å². The molecule has 106 valence electrons. The number of carbonyl (C=O) groups excluding carboxylic acids is 2. The largest absolute Gasteiger partial charge is 0.329 e. The first-order valence-electron chi connectivity index (χ1n) is 7.69. The fourth-order valence-electron chi connectivity index (χ4n) is 4.06. The van der Waals surface area contributed by atoms with Crippen LogP contribution in [0.3, 0.4) is 0 Å². The summed E-state index contributed by atoms with van der Waals surface area (Å²) >= 11 is 0. The van der Waals surface area contributed by atoms with E-state index in [0.29, 0.717) is 5.92 Å². The molecule has 1 aliphatic carbocycles. The third kappa shape index (κ3) is 2.15. The Balaban J connectivity index is 1.73. The highest BCUT2D eigenvalue weighted by atomic mass is 16.2. The van der Waals surface area contributed by atoms with E-state index in [1.807, 2.05) is 11.8 Å². The first kappa shape index (κ1) is 12.9. The molecule has 0 N–H and O–H groups in total. The average Bonchev–Trinajstić information content (AvgIpc) is 3.01. The topological polar surface area (TPSA) is 40.6 Å². The van der Waals surface area contributed by atoms with Gasteiger partial charge in [0, 0.05) is 13.1 Å². The maximum Gasteiger partial charge on any atom is 0.246 e. The highest BCUT2D eigenvalue weighted by molar-refractivity contribution is 5.97. The molecule has 0 aromatic rings. The number of carbonyl (C=O) groups is 2. The lowest BCUT2D eigenvalue weighted by atomic mass is 10.0. The van der Waals surface area contributed by atoms with Crippen LogP contribution in [0.4, 0.5) is 0 Å². The summed E-state index contributed by atoms with van der Waals surface area (Å²) in [5, 5.41) is 0. The summed E-state index contributed by atoms with van der Waals surface area (Å²) in [4.78, 5) is 28.6.